The number of methoxy groups -OCH3 is 2. The van der Waals surface area contributed by atoms with Gasteiger partial charge in [-0.2, -0.15) is 7.11 Å². The summed E-state index contributed by atoms with van der Waals surface area (Å²) in [6.45, 7) is 0.816. The van der Waals surface area contributed by atoms with Crippen molar-refractivity contribution in [3.8, 4) is 23.0 Å². The van der Waals surface area contributed by atoms with Gasteiger partial charge in [0.25, 0.3) is 0 Å². The Bertz CT molecular complexity index is 692. The summed E-state index contributed by atoms with van der Waals surface area (Å²) in [4.78, 5) is 8.34. The summed E-state index contributed by atoms with van der Waals surface area (Å²) in [7, 11) is 3.66. The summed E-state index contributed by atoms with van der Waals surface area (Å²) in [6.07, 6.45) is 3.01. The molecule has 2 N–H and O–H groups in total. The minimum absolute atomic E-state index is 0. The summed E-state index contributed by atoms with van der Waals surface area (Å²) >= 11 is 0. The van der Waals surface area contributed by atoms with E-state index in [1.54, 1.807) is 36.4 Å². The van der Waals surface area contributed by atoms with Gasteiger partial charge >= 0.3 is 0 Å². The van der Waals surface area contributed by atoms with Gasteiger partial charge in [-0.25, -0.2) is 0 Å². The largest absolute Gasteiger partial charge is 0.870 e. The van der Waals surface area contributed by atoms with Crippen LogP contribution in [0.25, 0.3) is 0 Å². The van der Waals surface area contributed by atoms with E-state index in [4.69, 9.17) is 14.6 Å². The maximum atomic E-state index is 11.9. The molecule has 0 amide bonds. The molecule has 0 saturated carbocycles. The zero-order valence-corrected chi connectivity index (χ0v) is 17.7. The summed E-state index contributed by atoms with van der Waals surface area (Å²) < 4.78 is 9.94. The van der Waals surface area contributed by atoms with Crippen LogP contribution in [-0.4, -0.2) is 57.8 Å². The van der Waals surface area contributed by atoms with Crippen molar-refractivity contribution in [1.82, 2.24) is 0 Å². The molecule has 9 nitrogen and oxygen atoms in total. The molecule has 0 aliphatic carbocycles. The second-order valence-electron chi connectivity index (χ2n) is 4.83. The number of hydrogen-bond acceptors (Lipinski definition) is 9. The smallest absolute Gasteiger partial charge is 0.111 e. The van der Waals surface area contributed by atoms with E-state index in [-0.39, 0.29) is 52.5 Å². The van der Waals surface area contributed by atoms with E-state index >= 15 is 0 Å². The quantitative estimate of drug-likeness (QED) is 0.429. The first-order valence-corrected chi connectivity index (χ1v) is 7.76. The van der Waals surface area contributed by atoms with Crippen molar-refractivity contribution in [3.63, 3.8) is 0 Å². The Labute approximate surface area is 181 Å². The molecule has 0 saturated heterocycles. The summed E-state index contributed by atoms with van der Waals surface area (Å²) in [5.74, 6) is 0.190. The van der Waals surface area contributed by atoms with Crippen LogP contribution < -0.4 is 24.8 Å². The van der Waals surface area contributed by atoms with Crippen LogP contribution in [0, 0.1) is 0 Å². The molecule has 0 bridgehead atoms. The van der Waals surface area contributed by atoms with E-state index in [9.17, 15) is 10.2 Å². The summed E-state index contributed by atoms with van der Waals surface area (Å²) in [6, 6.07) is 10.0. The van der Waals surface area contributed by atoms with Gasteiger partial charge in [-0.05, 0) is 23.3 Å². The van der Waals surface area contributed by atoms with Gasteiger partial charge < -0.3 is 35.7 Å². The normalized spacial score (nSPS) is 9.52. The van der Waals surface area contributed by atoms with Gasteiger partial charge in [0, 0.05) is 31.0 Å². The molecule has 0 spiro atoms. The molecule has 161 valence electrons. The summed E-state index contributed by atoms with van der Waals surface area (Å²) in [5.41, 5.74) is 0.931. The molecule has 1 radical (unpaired) electrons. The first kappa shape index (κ1) is 31.1. The van der Waals surface area contributed by atoms with E-state index < -0.39 is 0 Å². The maximum absolute atomic E-state index is 11.9. The average molecular weight is 442 g/mol. The molecule has 0 aliphatic heterocycles. The Morgan fingerprint density at radius 3 is 1.41 bits per heavy atom. The first-order valence-electron chi connectivity index (χ1n) is 7.76. The Balaban J connectivity index is -0.00000131. The Morgan fingerprint density at radius 2 is 1.10 bits per heavy atom. The van der Waals surface area contributed by atoms with Crippen molar-refractivity contribution >= 4 is 12.4 Å². The van der Waals surface area contributed by atoms with Crippen LogP contribution in [0.4, 0.5) is 0 Å². The Kier molecular flexibility index (Phi) is 18.8. The third-order valence-corrected chi connectivity index (χ3v) is 3.28. The monoisotopic (exact) mass is 442 g/mol. The van der Waals surface area contributed by atoms with Crippen molar-refractivity contribution in [2.24, 2.45) is 9.98 Å². The van der Waals surface area contributed by atoms with Gasteiger partial charge in [-0.3, -0.25) is 9.98 Å². The van der Waals surface area contributed by atoms with Crippen LogP contribution in [0.3, 0.4) is 0 Å². The van der Waals surface area contributed by atoms with E-state index in [1.807, 2.05) is 0 Å². The maximum Gasteiger partial charge on any atom is 0.111 e. The van der Waals surface area contributed by atoms with Gasteiger partial charge in [-0.1, -0.05) is 35.8 Å². The number of aliphatic imine (C=N–C) groups is 2. The molecule has 29 heavy (non-hydrogen) atoms. The number of nitrogens with zero attached hydrogens (tertiary/aromatic N) is 2. The van der Waals surface area contributed by atoms with Gasteiger partial charge in [0.1, 0.15) is 11.5 Å². The van der Waals surface area contributed by atoms with Gasteiger partial charge in [0.05, 0.1) is 27.3 Å². The van der Waals surface area contributed by atoms with Crippen molar-refractivity contribution in [2.45, 2.75) is 0 Å². The number of rotatable bonds is 7. The Morgan fingerprint density at radius 1 is 0.759 bits per heavy atom. The fraction of sp³-hybridized carbons (Fsp3) is 0.263. The number of ether oxygens (including phenoxy) is 2. The predicted octanol–water partition coefficient (Wildman–Crippen LogP) is 0.00940. The molecule has 2 aromatic carbocycles. The van der Waals surface area contributed by atoms with Crippen molar-refractivity contribution in [2.75, 3.05) is 34.4 Å². The first-order chi connectivity index (χ1) is 12.7. The average Bonchev–Trinajstić information content (AvgIpc) is 2.68. The molecule has 0 aliphatic rings. The van der Waals surface area contributed by atoms with Crippen molar-refractivity contribution < 1.29 is 54.3 Å². The van der Waals surface area contributed by atoms with Gasteiger partial charge in [0.2, 0.25) is 0 Å². The molecule has 0 heterocycles. The molecular weight excluding hydrogens is 419 g/mol. The van der Waals surface area contributed by atoms with Crippen LogP contribution in [0.1, 0.15) is 11.1 Å². The van der Waals surface area contributed by atoms with E-state index in [2.05, 4.69) is 9.98 Å². The molecule has 0 aromatic heterocycles. The zero-order valence-electron chi connectivity index (χ0n) is 16.3. The van der Waals surface area contributed by atoms with E-state index in [1.165, 1.54) is 26.6 Å². The SMILES string of the molecule is COc1cccc(C=NCCN=Cc2cccc(OC)c2[O-])c1[O-].C[O-].[OH-].[OH-].[V]. The third-order valence-electron chi connectivity index (χ3n) is 3.28. The summed E-state index contributed by atoms with van der Waals surface area (Å²) in [5, 5.41) is 32.1. The number of para-hydroxylation sites is 2. The van der Waals surface area contributed by atoms with Crippen molar-refractivity contribution in [3.05, 3.63) is 47.5 Å². The molecule has 0 unspecified atom stereocenters. The number of benzene rings is 2. The van der Waals surface area contributed by atoms with Gasteiger partial charge in [0.15, 0.2) is 0 Å². The van der Waals surface area contributed by atoms with E-state index in [0.29, 0.717) is 24.2 Å². The minimum atomic E-state index is -0.195. The molecule has 0 atom stereocenters. The minimum Gasteiger partial charge on any atom is -0.870 e. The van der Waals surface area contributed by atoms with Crippen LogP contribution >= 0.6 is 0 Å². The third kappa shape index (κ3) is 9.46. The predicted molar refractivity (Wildman–Crippen MR) is 99.6 cm³/mol. The van der Waals surface area contributed by atoms with Gasteiger partial charge in [-0.15, -0.1) is 0 Å². The van der Waals surface area contributed by atoms with Crippen LogP contribution in [0.15, 0.2) is 46.4 Å². The Hall–Kier alpha value is -2.56. The molecular formula is C19H23N2O7V-5. The number of hydrogen-bond donors (Lipinski definition) is 0. The van der Waals surface area contributed by atoms with Crippen LogP contribution in [0.2, 0.25) is 0 Å². The van der Waals surface area contributed by atoms with E-state index in [0.717, 1.165) is 7.11 Å². The molecule has 0 fully saturated rings. The fourth-order valence-electron chi connectivity index (χ4n) is 2.03. The van der Waals surface area contributed by atoms with Crippen molar-refractivity contribution in [1.29, 1.82) is 0 Å². The van der Waals surface area contributed by atoms with Crippen LogP contribution in [0.5, 0.6) is 23.0 Å². The second kappa shape index (κ2) is 17.5. The zero-order chi connectivity index (χ0) is 19.4. The topological polar surface area (TPSA) is 172 Å². The standard InChI is InChI=1S/C18H20N2O4.CH3O.2H2O.V/c1-23-15-7-3-5-13(17(15)21)11-19-9-10-20-12-14-6-4-8-16(24-2)18(14)22;1-2;;;/h3-8,11-12,21-22H,9-10H2,1-2H3;1H3;2*1H2;/q;-1;;;/p-4. The van der Waals surface area contributed by atoms with Crippen LogP contribution in [-0.2, 0) is 18.6 Å². The molecule has 2 rings (SSSR count). The molecule has 2 aromatic rings. The second-order valence-corrected chi connectivity index (χ2v) is 4.83. The molecule has 10 heteroatoms. The fourth-order valence-corrected chi connectivity index (χ4v) is 2.03.